The number of carbonyl (C=O) groups excluding carboxylic acids is 1. The molecule has 0 spiro atoms. The Labute approximate surface area is 166 Å². The van der Waals surface area contributed by atoms with E-state index in [1.807, 2.05) is 26.0 Å². The van der Waals surface area contributed by atoms with Crippen LogP contribution in [-0.2, 0) is 11.3 Å². The zero-order chi connectivity index (χ0) is 19.6. The molecule has 1 aliphatic heterocycles. The molecule has 0 unspecified atom stereocenters. The van der Waals surface area contributed by atoms with Crippen molar-refractivity contribution in [3.8, 4) is 0 Å². The Morgan fingerprint density at radius 3 is 2.74 bits per heavy atom. The lowest BCUT2D eigenvalue weighted by molar-refractivity contribution is -0.116. The molecule has 1 fully saturated rings. The second-order valence-corrected chi connectivity index (χ2v) is 8.15. The van der Waals surface area contributed by atoms with Crippen LogP contribution in [0, 0.1) is 6.92 Å². The highest BCUT2D eigenvalue weighted by atomic mass is 32.2. The topological polar surface area (TPSA) is 82.7 Å². The van der Waals surface area contributed by atoms with Crippen LogP contribution in [-0.4, -0.2) is 58.3 Å². The summed E-state index contributed by atoms with van der Waals surface area (Å²) in [5.41, 5.74) is 8.56. The van der Waals surface area contributed by atoms with Crippen LogP contribution in [0.5, 0.6) is 0 Å². The molecule has 0 radical (unpaired) electrons. The van der Waals surface area contributed by atoms with Crippen LogP contribution in [0.4, 0.5) is 5.82 Å². The van der Waals surface area contributed by atoms with E-state index in [4.69, 9.17) is 5.73 Å². The SMILES string of the molecule is CC(=C(CCO)SCCN1CCCCC1)N(C=O)Cc1ccc(C)nc1N. The molecule has 0 aliphatic carbocycles. The summed E-state index contributed by atoms with van der Waals surface area (Å²) in [5.74, 6) is 1.42. The first-order valence-electron chi connectivity index (χ1n) is 9.65. The summed E-state index contributed by atoms with van der Waals surface area (Å²) in [6.45, 7) is 7.69. The highest BCUT2D eigenvalue weighted by molar-refractivity contribution is 8.03. The fraction of sp³-hybridized carbons (Fsp3) is 0.600. The van der Waals surface area contributed by atoms with Crippen molar-refractivity contribution < 1.29 is 9.90 Å². The first-order valence-corrected chi connectivity index (χ1v) is 10.6. The maximum absolute atomic E-state index is 11.7. The smallest absolute Gasteiger partial charge is 0.214 e. The second kappa shape index (κ2) is 11.3. The molecular weight excluding hydrogens is 360 g/mol. The van der Waals surface area contributed by atoms with Gasteiger partial charge in [0.2, 0.25) is 6.41 Å². The zero-order valence-electron chi connectivity index (χ0n) is 16.5. The van der Waals surface area contributed by atoms with Crippen molar-refractivity contribution in [2.45, 2.75) is 46.1 Å². The predicted molar refractivity (Wildman–Crippen MR) is 112 cm³/mol. The minimum Gasteiger partial charge on any atom is -0.396 e. The highest BCUT2D eigenvalue weighted by Gasteiger charge is 2.15. The third-order valence-electron chi connectivity index (χ3n) is 4.93. The molecule has 3 N–H and O–H groups in total. The van der Waals surface area contributed by atoms with Gasteiger partial charge in [0.05, 0.1) is 6.54 Å². The van der Waals surface area contributed by atoms with E-state index >= 15 is 0 Å². The van der Waals surface area contributed by atoms with Gasteiger partial charge in [0.1, 0.15) is 5.82 Å². The molecule has 7 heteroatoms. The van der Waals surface area contributed by atoms with Crippen LogP contribution in [0.1, 0.15) is 43.9 Å². The molecule has 2 heterocycles. The Kier molecular flexibility index (Phi) is 9.10. The van der Waals surface area contributed by atoms with E-state index in [9.17, 15) is 9.90 Å². The van der Waals surface area contributed by atoms with Gasteiger partial charge in [0.25, 0.3) is 0 Å². The molecule has 150 valence electrons. The summed E-state index contributed by atoms with van der Waals surface area (Å²) in [5, 5.41) is 9.46. The number of piperidine rings is 1. The number of thioether (sulfide) groups is 1. The van der Waals surface area contributed by atoms with Crippen molar-refractivity contribution in [3.63, 3.8) is 0 Å². The first-order chi connectivity index (χ1) is 13.0. The molecule has 1 aliphatic rings. The number of aryl methyl sites for hydroxylation is 1. The van der Waals surface area contributed by atoms with E-state index in [-0.39, 0.29) is 6.61 Å². The van der Waals surface area contributed by atoms with Gasteiger partial charge < -0.3 is 20.6 Å². The van der Waals surface area contributed by atoms with Gasteiger partial charge in [-0.25, -0.2) is 4.98 Å². The monoisotopic (exact) mass is 392 g/mol. The van der Waals surface area contributed by atoms with Gasteiger partial charge in [-0.15, -0.1) is 11.8 Å². The molecule has 2 rings (SSSR count). The molecule has 0 saturated carbocycles. The number of nitrogen functional groups attached to an aromatic ring is 1. The number of amides is 1. The number of allylic oxidation sites excluding steroid dienone is 1. The molecule has 1 amide bonds. The summed E-state index contributed by atoms with van der Waals surface area (Å²) in [6, 6.07) is 3.81. The van der Waals surface area contributed by atoms with Gasteiger partial charge in [-0.3, -0.25) is 4.79 Å². The maximum Gasteiger partial charge on any atom is 0.214 e. The van der Waals surface area contributed by atoms with E-state index in [0.29, 0.717) is 18.8 Å². The van der Waals surface area contributed by atoms with E-state index in [1.165, 1.54) is 32.4 Å². The van der Waals surface area contributed by atoms with E-state index in [1.54, 1.807) is 16.7 Å². The number of nitrogens with zero attached hydrogens (tertiary/aromatic N) is 3. The van der Waals surface area contributed by atoms with Crippen LogP contribution in [0.25, 0.3) is 0 Å². The lowest BCUT2D eigenvalue weighted by atomic mass is 10.1. The Hall–Kier alpha value is -1.57. The molecule has 1 aromatic rings. The van der Waals surface area contributed by atoms with Gasteiger partial charge in [0.15, 0.2) is 0 Å². The minimum atomic E-state index is 0.0737. The van der Waals surface area contributed by atoms with Gasteiger partial charge >= 0.3 is 0 Å². The standard InChI is InChI=1S/C20H32N4O2S/c1-16-6-7-18(20(21)22-16)14-24(15-26)17(2)19(8-12-25)27-13-11-23-9-4-3-5-10-23/h6-7,15,25H,3-5,8-14H2,1-2H3,(H2,21,22). The molecule has 1 saturated heterocycles. The first kappa shape index (κ1) is 21.7. The summed E-state index contributed by atoms with van der Waals surface area (Å²) in [6.07, 6.45) is 5.30. The Morgan fingerprint density at radius 1 is 1.37 bits per heavy atom. The summed E-state index contributed by atoms with van der Waals surface area (Å²) in [4.78, 5) is 21.2. The number of aliphatic hydroxyl groups excluding tert-OH is 1. The molecule has 0 atom stereocenters. The normalized spacial score (nSPS) is 16.1. The van der Waals surface area contributed by atoms with Crippen LogP contribution in [0.2, 0.25) is 0 Å². The number of likely N-dealkylation sites (tertiary alicyclic amines) is 1. The lowest BCUT2D eigenvalue weighted by Gasteiger charge is -2.27. The van der Waals surface area contributed by atoms with E-state index in [0.717, 1.165) is 40.6 Å². The van der Waals surface area contributed by atoms with E-state index in [2.05, 4.69) is 9.88 Å². The Bertz CT molecular complexity index is 645. The van der Waals surface area contributed by atoms with Crippen molar-refractivity contribution in [1.29, 1.82) is 0 Å². The number of aromatic nitrogens is 1. The number of carbonyl (C=O) groups is 1. The summed E-state index contributed by atoms with van der Waals surface area (Å²) in [7, 11) is 0. The largest absolute Gasteiger partial charge is 0.396 e. The quantitative estimate of drug-likeness (QED) is 0.596. The van der Waals surface area contributed by atoms with Crippen LogP contribution < -0.4 is 5.73 Å². The highest BCUT2D eigenvalue weighted by Crippen LogP contribution is 2.27. The third-order valence-corrected chi connectivity index (χ3v) is 6.16. The third kappa shape index (κ3) is 6.83. The Morgan fingerprint density at radius 2 is 2.11 bits per heavy atom. The minimum absolute atomic E-state index is 0.0737. The van der Waals surface area contributed by atoms with E-state index < -0.39 is 0 Å². The molecule has 6 nitrogen and oxygen atoms in total. The fourth-order valence-corrected chi connectivity index (χ4v) is 4.42. The zero-order valence-corrected chi connectivity index (χ0v) is 17.3. The molecule has 1 aromatic heterocycles. The van der Waals surface area contributed by atoms with Crippen LogP contribution in [0.15, 0.2) is 22.7 Å². The number of rotatable bonds is 10. The molecule has 0 bridgehead atoms. The van der Waals surface area contributed by atoms with Crippen molar-refractivity contribution in [2.75, 3.05) is 37.7 Å². The summed E-state index contributed by atoms with van der Waals surface area (Å²) >= 11 is 1.74. The predicted octanol–water partition coefficient (Wildman–Crippen LogP) is 2.76. The molecule has 27 heavy (non-hydrogen) atoms. The van der Waals surface area contributed by atoms with Crippen molar-refractivity contribution in [1.82, 2.24) is 14.8 Å². The van der Waals surface area contributed by atoms with Crippen LogP contribution >= 0.6 is 11.8 Å². The molecular formula is C20H32N4O2S. The van der Waals surface area contributed by atoms with Crippen molar-refractivity contribution in [3.05, 3.63) is 34.0 Å². The van der Waals surface area contributed by atoms with Crippen molar-refractivity contribution in [2.24, 2.45) is 0 Å². The number of hydrogen-bond acceptors (Lipinski definition) is 6. The number of hydrogen-bond donors (Lipinski definition) is 2. The van der Waals surface area contributed by atoms with Gasteiger partial charge in [0, 0.05) is 47.2 Å². The lowest BCUT2D eigenvalue weighted by Crippen LogP contribution is -2.31. The average Bonchev–Trinajstić information content (AvgIpc) is 2.67. The van der Waals surface area contributed by atoms with Gasteiger partial charge in [-0.2, -0.15) is 0 Å². The molecule has 0 aromatic carbocycles. The average molecular weight is 393 g/mol. The van der Waals surface area contributed by atoms with Crippen LogP contribution in [0.3, 0.4) is 0 Å². The number of aliphatic hydroxyl groups is 1. The number of pyridine rings is 1. The second-order valence-electron chi connectivity index (χ2n) is 6.96. The Balaban J connectivity index is 2.03. The summed E-state index contributed by atoms with van der Waals surface area (Å²) < 4.78 is 0. The van der Waals surface area contributed by atoms with Gasteiger partial charge in [-0.05, 0) is 45.8 Å². The fourth-order valence-electron chi connectivity index (χ4n) is 3.26. The van der Waals surface area contributed by atoms with Crippen molar-refractivity contribution >= 4 is 24.0 Å². The number of anilines is 1. The van der Waals surface area contributed by atoms with Gasteiger partial charge in [-0.1, -0.05) is 12.5 Å². The number of nitrogens with two attached hydrogens (primary N) is 1. The maximum atomic E-state index is 11.7.